The Hall–Kier alpha value is -3.14. The lowest BCUT2D eigenvalue weighted by Crippen LogP contribution is -1.87. The van der Waals surface area contributed by atoms with Gasteiger partial charge in [0.25, 0.3) is 0 Å². The molecule has 0 heterocycles. The van der Waals surface area contributed by atoms with Crippen molar-refractivity contribution in [2.75, 3.05) is 0 Å². The molecule has 3 aromatic carbocycles. The summed E-state index contributed by atoms with van der Waals surface area (Å²) in [5.41, 5.74) is 2.55. The molecule has 23 heavy (non-hydrogen) atoms. The van der Waals surface area contributed by atoms with Gasteiger partial charge in [-0.3, -0.25) is 0 Å². The van der Waals surface area contributed by atoms with Gasteiger partial charge < -0.3 is 20.4 Å². The Morgan fingerprint density at radius 3 is 1.48 bits per heavy atom. The van der Waals surface area contributed by atoms with Crippen LogP contribution >= 0.6 is 0 Å². The standard InChI is InChI=1S/C19H16O4/c1-11-16(20)18(22)15(19(23)17(11)21)14-9-7-13(8-10-14)12-5-3-2-4-6-12/h2-10,20-23H,1H3. The van der Waals surface area contributed by atoms with Crippen molar-refractivity contribution >= 4 is 0 Å². The molecule has 0 spiro atoms. The first-order valence-electron chi connectivity index (χ1n) is 7.13. The average molecular weight is 308 g/mol. The molecular weight excluding hydrogens is 292 g/mol. The van der Waals surface area contributed by atoms with E-state index in [-0.39, 0.29) is 11.1 Å². The molecule has 0 radical (unpaired) electrons. The van der Waals surface area contributed by atoms with Gasteiger partial charge in [-0.15, -0.1) is 0 Å². The Labute approximate surface area is 133 Å². The summed E-state index contributed by atoms with van der Waals surface area (Å²) in [4.78, 5) is 0. The van der Waals surface area contributed by atoms with Gasteiger partial charge in [0, 0.05) is 5.56 Å². The lowest BCUT2D eigenvalue weighted by atomic mass is 9.97. The fourth-order valence-electron chi connectivity index (χ4n) is 2.55. The molecule has 3 rings (SSSR count). The molecule has 0 aliphatic rings. The zero-order valence-corrected chi connectivity index (χ0v) is 12.5. The predicted molar refractivity (Wildman–Crippen MR) is 88.7 cm³/mol. The van der Waals surface area contributed by atoms with Crippen LogP contribution in [0.25, 0.3) is 22.3 Å². The van der Waals surface area contributed by atoms with Crippen LogP contribution in [0.1, 0.15) is 5.56 Å². The summed E-state index contributed by atoms with van der Waals surface area (Å²) in [5, 5.41) is 39.9. The molecule has 0 aliphatic heterocycles. The molecule has 4 nitrogen and oxygen atoms in total. The molecule has 0 aromatic heterocycles. The molecule has 0 saturated carbocycles. The van der Waals surface area contributed by atoms with E-state index in [1.54, 1.807) is 12.1 Å². The maximum Gasteiger partial charge on any atom is 0.169 e. The highest BCUT2D eigenvalue weighted by Gasteiger charge is 2.21. The minimum absolute atomic E-state index is 0.00483. The highest BCUT2D eigenvalue weighted by atomic mass is 16.3. The smallest absolute Gasteiger partial charge is 0.169 e. The first kappa shape index (κ1) is 14.8. The highest BCUT2D eigenvalue weighted by Crippen LogP contribution is 2.50. The van der Waals surface area contributed by atoms with Crippen LogP contribution in [0.5, 0.6) is 23.0 Å². The third-order valence-corrected chi connectivity index (χ3v) is 3.91. The Morgan fingerprint density at radius 1 is 0.522 bits per heavy atom. The highest BCUT2D eigenvalue weighted by molar-refractivity contribution is 5.84. The second kappa shape index (κ2) is 5.57. The lowest BCUT2D eigenvalue weighted by molar-refractivity contribution is 0.371. The van der Waals surface area contributed by atoms with E-state index >= 15 is 0 Å². The van der Waals surface area contributed by atoms with Gasteiger partial charge in [-0.25, -0.2) is 0 Å². The van der Waals surface area contributed by atoms with Gasteiger partial charge in [0.05, 0.1) is 5.56 Å². The maximum absolute atomic E-state index is 10.1. The fourth-order valence-corrected chi connectivity index (χ4v) is 2.55. The lowest BCUT2D eigenvalue weighted by Gasteiger charge is -2.14. The van der Waals surface area contributed by atoms with Crippen LogP contribution in [-0.4, -0.2) is 20.4 Å². The summed E-state index contributed by atoms with van der Waals surface area (Å²) < 4.78 is 0. The van der Waals surface area contributed by atoms with Crippen LogP contribution in [0, 0.1) is 6.92 Å². The number of phenols is 4. The van der Waals surface area contributed by atoms with Crippen molar-refractivity contribution in [1.29, 1.82) is 0 Å². The fraction of sp³-hybridized carbons (Fsp3) is 0.0526. The van der Waals surface area contributed by atoms with Crippen molar-refractivity contribution in [3.05, 3.63) is 60.2 Å². The molecule has 116 valence electrons. The summed E-state index contributed by atoms with van der Waals surface area (Å²) >= 11 is 0. The molecule has 0 saturated heterocycles. The van der Waals surface area contributed by atoms with Crippen molar-refractivity contribution < 1.29 is 20.4 Å². The quantitative estimate of drug-likeness (QED) is 0.423. The van der Waals surface area contributed by atoms with Crippen LogP contribution in [0.15, 0.2) is 54.6 Å². The van der Waals surface area contributed by atoms with Crippen LogP contribution in [-0.2, 0) is 0 Å². The summed E-state index contributed by atoms with van der Waals surface area (Å²) in [6, 6.07) is 16.9. The Balaban J connectivity index is 2.11. The molecule has 0 aliphatic carbocycles. The minimum atomic E-state index is -0.453. The van der Waals surface area contributed by atoms with Gasteiger partial charge in [-0.1, -0.05) is 54.6 Å². The Kier molecular flexibility index (Phi) is 3.58. The third kappa shape index (κ3) is 2.44. The minimum Gasteiger partial charge on any atom is -0.504 e. The maximum atomic E-state index is 10.1. The van der Waals surface area contributed by atoms with E-state index in [1.807, 2.05) is 42.5 Å². The molecule has 3 aromatic rings. The van der Waals surface area contributed by atoms with E-state index in [4.69, 9.17) is 0 Å². The largest absolute Gasteiger partial charge is 0.504 e. The van der Waals surface area contributed by atoms with E-state index in [0.29, 0.717) is 5.56 Å². The van der Waals surface area contributed by atoms with Crippen molar-refractivity contribution in [2.24, 2.45) is 0 Å². The van der Waals surface area contributed by atoms with E-state index in [1.165, 1.54) is 6.92 Å². The van der Waals surface area contributed by atoms with E-state index in [0.717, 1.165) is 11.1 Å². The summed E-state index contributed by atoms with van der Waals surface area (Å²) in [6.07, 6.45) is 0. The number of aromatic hydroxyl groups is 4. The Bertz CT molecular complexity index is 824. The molecule has 0 unspecified atom stereocenters. The van der Waals surface area contributed by atoms with E-state index in [2.05, 4.69) is 0 Å². The first-order chi connectivity index (χ1) is 11.0. The third-order valence-electron chi connectivity index (χ3n) is 3.91. The summed E-state index contributed by atoms with van der Waals surface area (Å²) in [5.74, 6) is -1.79. The normalized spacial score (nSPS) is 10.7. The van der Waals surface area contributed by atoms with Gasteiger partial charge in [-0.05, 0) is 23.6 Å². The molecule has 0 amide bonds. The number of benzene rings is 3. The van der Waals surface area contributed by atoms with Crippen molar-refractivity contribution in [1.82, 2.24) is 0 Å². The topological polar surface area (TPSA) is 80.9 Å². The summed E-state index contributed by atoms with van der Waals surface area (Å²) in [7, 11) is 0. The van der Waals surface area contributed by atoms with Gasteiger partial charge in [-0.2, -0.15) is 0 Å². The van der Waals surface area contributed by atoms with Gasteiger partial charge >= 0.3 is 0 Å². The second-order valence-corrected chi connectivity index (χ2v) is 5.34. The van der Waals surface area contributed by atoms with Crippen molar-refractivity contribution in [2.45, 2.75) is 6.92 Å². The number of hydrogen-bond acceptors (Lipinski definition) is 4. The van der Waals surface area contributed by atoms with Gasteiger partial charge in [0.2, 0.25) is 0 Å². The van der Waals surface area contributed by atoms with Crippen LogP contribution in [0.4, 0.5) is 0 Å². The van der Waals surface area contributed by atoms with Crippen molar-refractivity contribution in [3.63, 3.8) is 0 Å². The molecule has 4 N–H and O–H groups in total. The average Bonchev–Trinajstić information content (AvgIpc) is 2.60. The molecule has 0 atom stereocenters. The van der Waals surface area contributed by atoms with Gasteiger partial charge in [0.15, 0.2) is 23.0 Å². The number of phenolic OH excluding ortho intramolecular Hbond substituents is 4. The number of hydrogen-bond donors (Lipinski definition) is 4. The van der Waals surface area contributed by atoms with Crippen LogP contribution < -0.4 is 0 Å². The molecule has 4 heteroatoms. The second-order valence-electron chi connectivity index (χ2n) is 5.34. The molecule has 0 bridgehead atoms. The zero-order chi connectivity index (χ0) is 16.6. The van der Waals surface area contributed by atoms with Crippen LogP contribution in [0.3, 0.4) is 0 Å². The van der Waals surface area contributed by atoms with Gasteiger partial charge in [0.1, 0.15) is 0 Å². The van der Waals surface area contributed by atoms with E-state index in [9.17, 15) is 20.4 Å². The van der Waals surface area contributed by atoms with Crippen molar-refractivity contribution in [3.8, 4) is 45.3 Å². The predicted octanol–water partition coefficient (Wildman–Crippen LogP) is 4.15. The zero-order valence-electron chi connectivity index (χ0n) is 12.5. The Morgan fingerprint density at radius 2 is 0.957 bits per heavy atom. The summed E-state index contributed by atoms with van der Waals surface area (Å²) in [6.45, 7) is 1.41. The number of rotatable bonds is 2. The van der Waals surface area contributed by atoms with E-state index < -0.39 is 23.0 Å². The molecule has 0 fully saturated rings. The molecular formula is C19H16O4. The first-order valence-corrected chi connectivity index (χ1v) is 7.13. The van der Waals surface area contributed by atoms with Crippen LogP contribution in [0.2, 0.25) is 0 Å². The monoisotopic (exact) mass is 308 g/mol. The SMILES string of the molecule is Cc1c(O)c(O)c(-c2ccc(-c3ccccc3)cc2)c(O)c1O.